The van der Waals surface area contributed by atoms with Crippen molar-refractivity contribution in [2.24, 2.45) is 0 Å². The summed E-state index contributed by atoms with van der Waals surface area (Å²) in [5.41, 5.74) is 3.44. The Balaban J connectivity index is 1.34. The number of likely N-dealkylation sites (N-methyl/N-ethyl adjacent to an activating group) is 1. The molecule has 174 valence electrons. The molecule has 1 N–H and O–H groups in total. The lowest BCUT2D eigenvalue weighted by Crippen LogP contribution is -2.32. The predicted molar refractivity (Wildman–Crippen MR) is 126 cm³/mol. The van der Waals surface area contributed by atoms with Crippen LogP contribution >= 0.6 is 0 Å². The molecule has 1 aliphatic rings. The first kappa shape index (κ1) is 24.1. The molecule has 0 bridgehead atoms. The van der Waals surface area contributed by atoms with Gasteiger partial charge in [0.05, 0.1) is 6.61 Å². The van der Waals surface area contributed by atoms with Gasteiger partial charge in [0, 0.05) is 32.6 Å². The number of likely N-dealkylation sites (tertiary alicyclic amines) is 1. The van der Waals surface area contributed by atoms with Crippen LogP contribution in [0.15, 0.2) is 42.5 Å². The number of amides is 1. The van der Waals surface area contributed by atoms with Crippen molar-refractivity contribution < 1.29 is 19.4 Å². The number of aliphatic hydroxyl groups is 1. The smallest absolute Gasteiger partial charge is 0.222 e. The molecule has 2 aromatic rings. The maximum atomic E-state index is 11.6. The Morgan fingerprint density at radius 1 is 1.12 bits per heavy atom. The first-order valence-electron chi connectivity index (χ1n) is 11.5. The third-order valence-electron chi connectivity index (χ3n) is 5.67. The highest BCUT2D eigenvalue weighted by molar-refractivity contribution is 5.77. The molecule has 1 amide bonds. The van der Waals surface area contributed by atoms with Gasteiger partial charge in [-0.15, -0.1) is 0 Å². The zero-order chi connectivity index (χ0) is 22.9. The summed E-state index contributed by atoms with van der Waals surface area (Å²) in [6, 6.07) is 14.1. The van der Waals surface area contributed by atoms with E-state index in [2.05, 4.69) is 17.9 Å². The first-order valence-corrected chi connectivity index (χ1v) is 11.5. The van der Waals surface area contributed by atoms with Crippen molar-refractivity contribution in [3.8, 4) is 11.5 Å². The summed E-state index contributed by atoms with van der Waals surface area (Å²) in [6.07, 6.45) is 1.95. The van der Waals surface area contributed by atoms with Gasteiger partial charge < -0.3 is 19.5 Å². The molecule has 3 rings (SSSR count). The summed E-state index contributed by atoms with van der Waals surface area (Å²) >= 11 is 0. The predicted octanol–water partition coefficient (Wildman–Crippen LogP) is 3.57. The second-order valence-corrected chi connectivity index (χ2v) is 8.76. The molecule has 1 atom stereocenters. The van der Waals surface area contributed by atoms with E-state index in [0.29, 0.717) is 19.6 Å². The van der Waals surface area contributed by atoms with Gasteiger partial charge in [-0.05, 0) is 63.1 Å². The molecule has 32 heavy (non-hydrogen) atoms. The zero-order valence-electron chi connectivity index (χ0n) is 19.5. The molecule has 0 aliphatic carbocycles. The number of carbonyl (C=O) groups is 1. The normalized spacial score (nSPS) is 14.8. The van der Waals surface area contributed by atoms with Crippen molar-refractivity contribution in [3.63, 3.8) is 0 Å². The van der Waals surface area contributed by atoms with E-state index in [1.807, 2.05) is 55.3 Å². The summed E-state index contributed by atoms with van der Waals surface area (Å²) in [4.78, 5) is 15.6. The SMILES string of the molecule is Cc1ccc(OC[C@@H](O)CN(C)Cc2ccc(OCCCN3CCCC3=O)cc2)c(C)c1. The van der Waals surface area contributed by atoms with Crippen LogP contribution in [0.4, 0.5) is 0 Å². The number of rotatable bonds is 12. The number of ether oxygens (including phenoxy) is 2. The molecule has 6 heteroatoms. The zero-order valence-corrected chi connectivity index (χ0v) is 19.5. The minimum absolute atomic E-state index is 0.264. The number of nitrogens with zero attached hydrogens (tertiary/aromatic N) is 2. The van der Waals surface area contributed by atoms with E-state index >= 15 is 0 Å². The standard InChI is InChI=1S/C26H36N2O4/c1-20-7-12-25(21(2)16-20)32-19-23(29)18-27(3)17-22-8-10-24(11-9-22)31-15-5-14-28-13-4-6-26(28)30/h7-12,16,23,29H,4-6,13-15,17-19H2,1-3H3/t23-/m0/s1. The number of hydrogen-bond donors (Lipinski definition) is 1. The first-order chi connectivity index (χ1) is 15.4. The van der Waals surface area contributed by atoms with Crippen molar-refractivity contribution in [3.05, 3.63) is 59.2 Å². The Labute approximate surface area is 191 Å². The van der Waals surface area contributed by atoms with Crippen molar-refractivity contribution in [1.29, 1.82) is 0 Å². The highest BCUT2D eigenvalue weighted by atomic mass is 16.5. The molecule has 0 spiro atoms. The third kappa shape index (κ3) is 7.53. The van der Waals surface area contributed by atoms with Crippen LogP contribution in [0.1, 0.15) is 36.0 Å². The van der Waals surface area contributed by atoms with Gasteiger partial charge in [0.2, 0.25) is 5.91 Å². The Bertz CT molecular complexity index is 869. The fourth-order valence-electron chi connectivity index (χ4n) is 4.01. The summed E-state index contributed by atoms with van der Waals surface area (Å²) in [6.45, 7) is 7.86. The van der Waals surface area contributed by atoms with Gasteiger partial charge in [0.1, 0.15) is 24.2 Å². The molecule has 1 fully saturated rings. The van der Waals surface area contributed by atoms with Crippen molar-refractivity contribution >= 4 is 5.91 Å². The average Bonchev–Trinajstić information content (AvgIpc) is 3.16. The van der Waals surface area contributed by atoms with E-state index in [4.69, 9.17) is 9.47 Å². The molecule has 6 nitrogen and oxygen atoms in total. The van der Waals surface area contributed by atoms with Crippen LogP contribution in [-0.2, 0) is 11.3 Å². The van der Waals surface area contributed by atoms with Gasteiger partial charge in [0.15, 0.2) is 0 Å². The minimum atomic E-state index is -0.564. The monoisotopic (exact) mass is 440 g/mol. The lowest BCUT2D eigenvalue weighted by molar-refractivity contribution is -0.127. The Kier molecular flexibility index (Phi) is 8.94. The van der Waals surface area contributed by atoms with E-state index < -0.39 is 6.10 Å². The van der Waals surface area contributed by atoms with Crippen LogP contribution in [0, 0.1) is 13.8 Å². The van der Waals surface area contributed by atoms with Gasteiger partial charge >= 0.3 is 0 Å². The van der Waals surface area contributed by atoms with Crippen LogP contribution in [0.5, 0.6) is 11.5 Å². The molecular weight excluding hydrogens is 404 g/mol. The fraction of sp³-hybridized carbons (Fsp3) is 0.500. The van der Waals surface area contributed by atoms with Crippen LogP contribution in [0.25, 0.3) is 0 Å². The number of carbonyl (C=O) groups excluding carboxylic acids is 1. The van der Waals surface area contributed by atoms with Crippen molar-refractivity contribution in [2.45, 2.75) is 45.8 Å². The summed E-state index contributed by atoms with van der Waals surface area (Å²) in [5, 5.41) is 10.4. The number of aliphatic hydroxyl groups excluding tert-OH is 1. The van der Waals surface area contributed by atoms with Crippen LogP contribution < -0.4 is 9.47 Å². The molecule has 2 aromatic carbocycles. The highest BCUT2D eigenvalue weighted by Gasteiger charge is 2.19. The van der Waals surface area contributed by atoms with E-state index in [1.54, 1.807) is 0 Å². The molecule has 0 aromatic heterocycles. The van der Waals surface area contributed by atoms with E-state index in [1.165, 1.54) is 5.56 Å². The van der Waals surface area contributed by atoms with Gasteiger partial charge in [-0.1, -0.05) is 29.8 Å². The molecule has 1 heterocycles. The van der Waals surface area contributed by atoms with E-state index in [0.717, 1.165) is 55.1 Å². The second-order valence-electron chi connectivity index (χ2n) is 8.76. The lowest BCUT2D eigenvalue weighted by atomic mass is 10.1. The van der Waals surface area contributed by atoms with Gasteiger partial charge in [-0.25, -0.2) is 0 Å². The molecule has 0 unspecified atom stereocenters. The lowest BCUT2D eigenvalue weighted by Gasteiger charge is -2.21. The minimum Gasteiger partial charge on any atom is -0.494 e. The molecule has 1 saturated heterocycles. The molecule has 0 saturated carbocycles. The molecular formula is C26H36N2O4. The Hall–Kier alpha value is -2.57. The fourth-order valence-corrected chi connectivity index (χ4v) is 4.01. The Morgan fingerprint density at radius 2 is 1.91 bits per heavy atom. The van der Waals surface area contributed by atoms with Crippen molar-refractivity contribution in [2.75, 3.05) is 39.9 Å². The van der Waals surface area contributed by atoms with Crippen LogP contribution in [-0.4, -0.2) is 66.8 Å². The van der Waals surface area contributed by atoms with E-state index in [-0.39, 0.29) is 12.5 Å². The number of benzene rings is 2. The van der Waals surface area contributed by atoms with Crippen molar-refractivity contribution in [1.82, 2.24) is 9.80 Å². The number of aryl methyl sites for hydroxylation is 2. The summed E-state index contributed by atoms with van der Waals surface area (Å²) in [7, 11) is 1.99. The topological polar surface area (TPSA) is 62.2 Å². The summed E-state index contributed by atoms with van der Waals surface area (Å²) < 4.78 is 11.6. The van der Waals surface area contributed by atoms with Gasteiger partial charge in [-0.2, -0.15) is 0 Å². The number of hydrogen-bond acceptors (Lipinski definition) is 5. The highest BCUT2D eigenvalue weighted by Crippen LogP contribution is 2.19. The second kappa shape index (κ2) is 11.9. The third-order valence-corrected chi connectivity index (χ3v) is 5.67. The maximum Gasteiger partial charge on any atom is 0.222 e. The maximum absolute atomic E-state index is 11.6. The van der Waals surface area contributed by atoms with Crippen LogP contribution in [0.3, 0.4) is 0 Å². The van der Waals surface area contributed by atoms with Gasteiger partial charge in [0.25, 0.3) is 0 Å². The molecule has 0 radical (unpaired) electrons. The van der Waals surface area contributed by atoms with E-state index in [9.17, 15) is 9.90 Å². The largest absolute Gasteiger partial charge is 0.494 e. The summed E-state index contributed by atoms with van der Waals surface area (Å²) in [5.74, 6) is 1.92. The Morgan fingerprint density at radius 3 is 2.59 bits per heavy atom. The molecule has 1 aliphatic heterocycles. The van der Waals surface area contributed by atoms with Gasteiger partial charge in [-0.3, -0.25) is 9.69 Å². The quantitative estimate of drug-likeness (QED) is 0.512. The average molecular weight is 441 g/mol. The van der Waals surface area contributed by atoms with Crippen LogP contribution in [0.2, 0.25) is 0 Å².